The minimum Gasteiger partial charge on any atom is -0.622 e. The SMILES string of the molecule is CC1(C)C(c2ccccc2)=[N+]([O-])C(c2ccccc2[N+](=O)[O-])N1O. The maximum absolute atomic E-state index is 13.0. The molecule has 0 fully saturated rings. The molecular weight excluding hydrogens is 310 g/mol. The Morgan fingerprint density at radius 2 is 1.71 bits per heavy atom. The van der Waals surface area contributed by atoms with Gasteiger partial charge in [-0.2, -0.15) is 4.74 Å². The number of para-hydroxylation sites is 1. The molecule has 3 rings (SSSR count). The number of nitro benzene ring substituents is 1. The summed E-state index contributed by atoms with van der Waals surface area (Å²) >= 11 is 0. The van der Waals surface area contributed by atoms with E-state index in [2.05, 4.69) is 0 Å². The average molecular weight is 327 g/mol. The molecule has 0 amide bonds. The van der Waals surface area contributed by atoms with Gasteiger partial charge in [0, 0.05) is 11.6 Å². The largest absolute Gasteiger partial charge is 0.622 e. The number of hydrogen-bond acceptors (Lipinski definition) is 5. The van der Waals surface area contributed by atoms with E-state index in [0.717, 1.165) is 5.06 Å². The van der Waals surface area contributed by atoms with E-state index in [1.165, 1.54) is 18.2 Å². The molecule has 24 heavy (non-hydrogen) atoms. The second-order valence-electron chi connectivity index (χ2n) is 6.13. The van der Waals surface area contributed by atoms with Gasteiger partial charge in [0.15, 0.2) is 0 Å². The maximum Gasteiger partial charge on any atom is 0.280 e. The first kappa shape index (κ1) is 16.1. The number of nitrogens with zero attached hydrogens (tertiary/aromatic N) is 3. The number of hydroxylamine groups is 3. The van der Waals surface area contributed by atoms with Crippen molar-refractivity contribution in [1.82, 2.24) is 5.06 Å². The maximum atomic E-state index is 13.0. The van der Waals surface area contributed by atoms with Crippen LogP contribution in [0.4, 0.5) is 5.69 Å². The van der Waals surface area contributed by atoms with Gasteiger partial charge in [-0.15, -0.1) is 5.06 Å². The second kappa shape index (κ2) is 5.70. The highest BCUT2D eigenvalue weighted by molar-refractivity contribution is 6.04. The van der Waals surface area contributed by atoms with Gasteiger partial charge in [0.1, 0.15) is 11.1 Å². The quantitative estimate of drug-likeness (QED) is 0.405. The van der Waals surface area contributed by atoms with Crippen molar-refractivity contribution in [3.8, 4) is 0 Å². The number of benzene rings is 2. The van der Waals surface area contributed by atoms with Crippen molar-refractivity contribution in [2.45, 2.75) is 25.6 Å². The van der Waals surface area contributed by atoms with Crippen molar-refractivity contribution in [3.63, 3.8) is 0 Å². The lowest BCUT2D eigenvalue weighted by Gasteiger charge is -2.25. The molecule has 0 aliphatic carbocycles. The predicted octanol–water partition coefficient (Wildman–Crippen LogP) is 3.08. The van der Waals surface area contributed by atoms with Crippen LogP contribution in [-0.2, 0) is 0 Å². The molecule has 0 bridgehead atoms. The van der Waals surface area contributed by atoms with Gasteiger partial charge in [-0.05, 0) is 32.0 Å². The van der Waals surface area contributed by atoms with Crippen LogP contribution in [-0.4, -0.2) is 31.2 Å². The first-order valence-electron chi connectivity index (χ1n) is 7.46. The fourth-order valence-corrected chi connectivity index (χ4v) is 3.11. The monoisotopic (exact) mass is 327 g/mol. The van der Waals surface area contributed by atoms with Crippen molar-refractivity contribution in [1.29, 1.82) is 0 Å². The first-order valence-corrected chi connectivity index (χ1v) is 7.46. The third kappa shape index (κ3) is 2.34. The van der Waals surface area contributed by atoms with Crippen LogP contribution in [0.3, 0.4) is 0 Å². The van der Waals surface area contributed by atoms with Crippen molar-refractivity contribution >= 4 is 11.4 Å². The van der Waals surface area contributed by atoms with E-state index < -0.39 is 16.6 Å². The third-order valence-corrected chi connectivity index (χ3v) is 4.29. The highest BCUT2D eigenvalue weighted by Crippen LogP contribution is 2.39. The van der Waals surface area contributed by atoms with Gasteiger partial charge < -0.3 is 10.4 Å². The Bertz CT molecular complexity index is 818. The van der Waals surface area contributed by atoms with E-state index >= 15 is 0 Å². The van der Waals surface area contributed by atoms with E-state index in [1.807, 2.05) is 6.07 Å². The Morgan fingerprint density at radius 3 is 2.33 bits per heavy atom. The molecule has 0 saturated heterocycles. The van der Waals surface area contributed by atoms with Crippen molar-refractivity contribution in [3.05, 3.63) is 81.0 Å². The normalized spacial score (nSPS) is 20.4. The summed E-state index contributed by atoms with van der Waals surface area (Å²) in [6.07, 6.45) is -1.18. The minimum absolute atomic E-state index is 0.152. The van der Waals surface area contributed by atoms with E-state index in [0.29, 0.717) is 16.0 Å². The zero-order valence-electron chi connectivity index (χ0n) is 13.3. The van der Waals surface area contributed by atoms with Crippen molar-refractivity contribution in [2.75, 3.05) is 0 Å². The van der Waals surface area contributed by atoms with Crippen LogP contribution in [0.2, 0.25) is 0 Å². The molecule has 1 unspecified atom stereocenters. The van der Waals surface area contributed by atoms with Crippen LogP contribution in [0.25, 0.3) is 0 Å². The zero-order valence-corrected chi connectivity index (χ0v) is 13.3. The molecule has 1 heterocycles. The molecule has 7 nitrogen and oxygen atoms in total. The highest BCUT2D eigenvalue weighted by atomic mass is 16.6. The van der Waals surface area contributed by atoms with E-state index in [4.69, 9.17) is 0 Å². The molecule has 0 aromatic heterocycles. The summed E-state index contributed by atoms with van der Waals surface area (Å²) in [6.45, 7) is 3.41. The van der Waals surface area contributed by atoms with E-state index in [1.54, 1.807) is 44.2 Å². The van der Waals surface area contributed by atoms with Gasteiger partial charge in [0.2, 0.25) is 5.71 Å². The van der Waals surface area contributed by atoms with Crippen LogP contribution in [0.1, 0.15) is 31.1 Å². The molecule has 2 aromatic carbocycles. The summed E-state index contributed by atoms with van der Waals surface area (Å²) in [7, 11) is 0. The number of hydrogen-bond donors (Lipinski definition) is 1. The Kier molecular flexibility index (Phi) is 3.82. The Hall–Kier alpha value is -2.77. The summed E-state index contributed by atoms with van der Waals surface area (Å²) in [4.78, 5) is 10.7. The highest BCUT2D eigenvalue weighted by Gasteiger charge is 2.54. The van der Waals surface area contributed by atoms with E-state index in [9.17, 15) is 20.5 Å². The second-order valence-corrected chi connectivity index (χ2v) is 6.13. The van der Waals surface area contributed by atoms with Gasteiger partial charge in [0.05, 0.1) is 4.92 Å². The van der Waals surface area contributed by atoms with Crippen LogP contribution < -0.4 is 0 Å². The predicted molar refractivity (Wildman–Crippen MR) is 87.7 cm³/mol. The zero-order chi connectivity index (χ0) is 17.5. The van der Waals surface area contributed by atoms with Crippen LogP contribution in [0.5, 0.6) is 0 Å². The van der Waals surface area contributed by atoms with E-state index in [-0.39, 0.29) is 11.3 Å². The van der Waals surface area contributed by atoms with Crippen LogP contribution in [0.15, 0.2) is 54.6 Å². The van der Waals surface area contributed by atoms with Crippen LogP contribution in [0, 0.1) is 15.3 Å². The molecular formula is C17H17N3O4. The fourth-order valence-electron chi connectivity index (χ4n) is 3.11. The molecule has 2 aromatic rings. The fraction of sp³-hybridized carbons (Fsp3) is 0.235. The molecule has 1 aliphatic heterocycles. The van der Waals surface area contributed by atoms with Gasteiger partial charge in [-0.1, -0.05) is 30.3 Å². The topological polar surface area (TPSA) is 92.7 Å². The lowest BCUT2D eigenvalue weighted by atomic mass is 9.93. The third-order valence-electron chi connectivity index (χ3n) is 4.29. The Morgan fingerprint density at radius 1 is 1.12 bits per heavy atom. The lowest BCUT2D eigenvalue weighted by molar-refractivity contribution is -0.546. The average Bonchev–Trinajstić information content (AvgIpc) is 2.73. The number of nitro groups is 1. The molecule has 1 N–H and O–H groups in total. The Labute approximate surface area is 138 Å². The molecule has 0 saturated carbocycles. The molecule has 1 atom stereocenters. The summed E-state index contributed by atoms with van der Waals surface area (Å²) in [5, 5.41) is 35.8. The summed E-state index contributed by atoms with van der Waals surface area (Å²) in [6, 6.07) is 14.9. The molecule has 1 aliphatic rings. The number of rotatable bonds is 3. The lowest BCUT2D eigenvalue weighted by Crippen LogP contribution is -2.44. The molecule has 0 radical (unpaired) electrons. The summed E-state index contributed by atoms with van der Waals surface area (Å²) in [5.74, 6) is 0. The first-order chi connectivity index (χ1) is 11.4. The molecule has 124 valence electrons. The van der Waals surface area contributed by atoms with Crippen molar-refractivity contribution < 1.29 is 14.9 Å². The minimum atomic E-state index is -1.18. The van der Waals surface area contributed by atoms with Gasteiger partial charge in [0.25, 0.3) is 11.9 Å². The molecule has 7 heteroatoms. The standard InChI is InChI=1S/C17H17N3O4/c1-17(2)15(12-8-4-3-5-9-12)18(21)16(19(17)22)13-10-6-7-11-14(13)20(23)24/h3-11,16,22H,1-2H3. The van der Waals surface area contributed by atoms with Crippen LogP contribution >= 0.6 is 0 Å². The molecule has 0 spiro atoms. The van der Waals surface area contributed by atoms with Gasteiger partial charge in [-0.25, -0.2) is 0 Å². The summed E-state index contributed by atoms with van der Waals surface area (Å²) < 4.78 is 0.650. The van der Waals surface area contributed by atoms with Gasteiger partial charge in [-0.3, -0.25) is 10.1 Å². The van der Waals surface area contributed by atoms with Crippen molar-refractivity contribution in [2.24, 2.45) is 0 Å². The summed E-state index contributed by atoms with van der Waals surface area (Å²) in [5.41, 5.74) is -0.0322. The smallest absolute Gasteiger partial charge is 0.280 e. The van der Waals surface area contributed by atoms with Gasteiger partial charge >= 0.3 is 0 Å². The Balaban J connectivity index is 2.21.